The molecule has 0 atom stereocenters. The van der Waals surface area contributed by atoms with Crippen LogP contribution in [0.1, 0.15) is 45.7 Å². The zero-order valence-electron chi connectivity index (χ0n) is 17.0. The number of hydrogen-bond donors (Lipinski definition) is 1. The lowest BCUT2D eigenvalue weighted by molar-refractivity contribution is -0.115. The maximum atomic E-state index is 13.6. The molecule has 2 aromatic carbocycles. The molecule has 0 aliphatic carbocycles. The van der Waals surface area contributed by atoms with Gasteiger partial charge >= 0.3 is 0 Å². The Morgan fingerprint density at radius 2 is 1.52 bits per heavy atom. The Hall–Kier alpha value is -2.21. The molecule has 0 fully saturated rings. The largest absolute Gasteiger partial charge is 0.510 e. The maximum absolute atomic E-state index is 13.6. The van der Waals surface area contributed by atoms with E-state index >= 15 is 0 Å². The number of aliphatic hydroxyl groups excluding tert-OH is 1. The first kappa shape index (κ1) is 21.5. The van der Waals surface area contributed by atoms with Crippen LogP contribution in [-0.4, -0.2) is 20.4 Å². The van der Waals surface area contributed by atoms with Gasteiger partial charge in [-0.1, -0.05) is 25.1 Å². The highest BCUT2D eigenvalue weighted by Crippen LogP contribution is 2.50. The molecule has 0 bridgehead atoms. The molecule has 0 radical (unpaired) electrons. The fourth-order valence-corrected chi connectivity index (χ4v) is 5.39. The third-order valence-electron chi connectivity index (χ3n) is 5.16. The highest BCUT2D eigenvalue weighted by Gasteiger charge is 2.46. The van der Waals surface area contributed by atoms with Gasteiger partial charge in [-0.25, -0.2) is 13.2 Å². The Bertz CT molecular complexity index is 1020. The van der Waals surface area contributed by atoms with Gasteiger partial charge in [-0.3, -0.25) is 4.79 Å². The van der Waals surface area contributed by atoms with E-state index < -0.39 is 26.9 Å². The fraction of sp³-hybridized carbons (Fsp3) is 0.348. The lowest BCUT2D eigenvalue weighted by atomic mass is 9.85. The van der Waals surface area contributed by atoms with Crippen molar-refractivity contribution >= 4 is 23.1 Å². The Kier molecular flexibility index (Phi) is 5.37. The lowest BCUT2D eigenvalue weighted by Gasteiger charge is -2.39. The molecular formula is C23H23F3O2S. The van der Waals surface area contributed by atoms with Crippen LogP contribution in [0.25, 0.3) is 16.7 Å². The fourth-order valence-electron chi connectivity index (χ4n) is 3.72. The van der Waals surface area contributed by atoms with Gasteiger partial charge < -0.3 is 5.11 Å². The standard InChI is InChI=1S/C23H23F3O2S/c1-6-12-9-13(14-10-16(24)19(26)17(25)11-14)7-8-15(12)18-20(27)22(2,3)29-23(4,5)21(18)28/h7-11,27H,6H2,1-5H3. The number of aliphatic hydroxyl groups is 1. The topological polar surface area (TPSA) is 37.3 Å². The number of hydrogen-bond acceptors (Lipinski definition) is 3. The van der Waals surface area contributed by atoms with E-state index in [4.69, 9.17) is 0 Å². The monoisotopic (exact) mass is 420 g/mol. The van der Waals surface area contributed by atoms with Crippen molar-refractivity contribution in [3.8, 4) is 11.1 Å². The molecule has 0 unspecified atom stereocenters. The number of carbonyl (C=O) groups excluding carboxylic acids is 1. The van der Waals surface area contributed by atoms with Gasteiger partial charge in [0.15, 0.2) is 23.2 Å². The van der Waals surface area contributed by atoms with Crippen LogP contribution in [0.4, 0.5) is 13.2 Å². The van der Waals surface area contributed by atoms with Crippen LogP contribution >= 0.6 is 11.8 Å². The van der Waals surface area contributed by atoms with Gasteiger partial charge in [0, 0.05) is 0 Å². The molecule has 0 saturated carbocycles. The molecule has 1 N–H and O–H groups in total. The van der Waals surface area contributed by atoms with Crippen LogP contribution < -0.4 is 0 Å². The highest BCUT2D eigenvalue weighted by atomic mass is 32.2. The van der Waals surface area contributed by atoms with Crippen molar-refractivity contribution in [2.75, 3.05) is 0 Å². The molecule has 1 heterocycles. The van der Waals surface area contributed by atoms with Crippen molar-refractivity contribution in [1.29, 1.82) is 0 Å². The summed E-state index contributed by atoms with van der Waals surface area (Å²) < 4.78 is 39.2. The first-order chi connectivity index (χ1) is 13.4. The second-order valence-electron chi connectivity index (χ2n) is 8.15. The summed E-state index contributed by atoms with van der Waals surface area (Å²) in [5.41, 5.74) is 2.33. The van der Waals surface area contributed by atoms with E-state index in [1.54, 1.807) is 18.2 Å². The van der Waals surface area contributed by atoms with Gasteiger partial charge in [-0.15, -0.1) is 11.8 Å². The third kappa shape index (κ3) is 3.70. The van der Waals surface area contributed by atoms with Crippen LogP contribution in [0.3, 0.4) is 0 Å². The molecule has 1 aliphatic heterocycles. The first-order valence-electron chi connectivity index (χ1n) is 9.36. The van der Waals surface area contributed by atoms with E-state index in [0.717, 1.165) is 17.7 Å². The van der Waals surface area contributed by atoms with Crippen molar-refractivity contribution in [2.24, 2.45) is 0 Å². The highest BCUT2D eigenvalue weighted by molar-refractivity contribution is 8.03. The molecule has 1 aliphatic rings. The van der Waals surface area contributed by atoms with Crippen molar-refractivity contribution in [3.63, 3.8) is 0 Å². The van der Waals surface area contributed by atoms with Gasteiger partial charge in [0.1, 0.15) is 5.76 Å². The number of thioether (sulfide) groups is 1. The first-order valence-corrected chi connectivity index (χ1v) is 10.2. The molecule has 0 saturated heterocycles. The van der Waals surface area contributed by atoms with E-state index in [-0.39, 0.29) is 22.7 Å². The molecule has 154 valence electrons. The van der Waals surface area contributed by atoms with Crippen molar-refractivity contribution in [2.45, 2.75) is 50.5 Å². The van der Waals surface area contributed by atoms with E-state index in [0.29, 0.717) is 17.5 Å². The predicted octanol–water partition coefficient (Wildman–Crippen LogP) is 6.48. The molecular weight excluding hydrogens is 397 g/mol. The van der Waals surface area contributed by atoms with Gasteiger partial charge in [0.05, 0.1) is 15.1 Å². The van der Waals surface area contributed by atoms with Gasteiger partial charge in [0.25, 0.3) is 0 Å². The average Bonchev–Trinajstić information content (AvgIpc) is 2.64. The van der Waals surface area contributed by atoms with Crippen LogP contribution in [-0.2, 0) is 11.2 Å². The normalized spacial score (nSPS) is 18.3. The maximum Gasteiger partial charge on any atom is 0.194 e. The average molecular weight is 420 g/mol. The molecule has 0 spiro atoms. The number of carbonyl (C=O) groups is 1. The number of rotatable bonds is 3. The summed E-state index contributed by atoms with van der Waals surface area (Å²) in [6, 6.07) is 6.90. The number of halogens is 3. The summed E-state index contributed by atoms with van der Waals surface area (Å²) in [6.07, 6.45) is 0.535. The molecule has 2 nitrogen and oxygen atoms in total. The quantitative estimate of drug-likeness (QED) is 0.578. The number of ketones is 1. The van der Waals surface area contributed by atoms with Gasteiger partial charge in [0.2, 0.25) is 0 Å². The Morgan fingerprint density at radius 1 is 0.931 bits per heavy atom. The molecule has 2 aromatic rings. The zero-order chi connectivity index (χ0) is 21.7. The number of benzene rings is 2. The summed E-state index contributed by atoms with van der Waals surface area (Å²) >= 11 is 1.40. The van der Waals surface area contributed by atoms with E-state index in [1.807, 2.05) is 34.6 Å². The minimum absolute atomic E-state index is 0.0214. The van der Waals surface area contributed by atoms with Gasteiger partial charge in [-0.05, 0) is 68.5 Å². The van der Waals surface area contributed by atoms with E-state index in [2.05, 4.69) is 0 Å². The van der Waals surface area contributed by atoms with Crippen LogP contribution in [0.5, 0.6) is 0 Å². The zero-order valence-corrected chi connectivity index (χ0v) is 17.8. The summed E-state index contributed by atoms with van der Waals surface area (Å²) in [4.78, 5) is 13.1. The third-order valence-corrected chi connectivity index (χ3v) is 6.56. The predicted molar refractivity (Wildman–Crippen MR) is 111 cm³/mol. The van der Waals surface area contributed by atoms with Crippen molar-refractivity contribution in [3.05, 3.63) is 64.7 Å². The smallest absolute Gasteiger partial charge is 0.194 e. The molecule has 0 amide bonds. The minimum atomic E-state index is -1.51. The summed E-state index contributed by atoms with van der Waals surface area (Å²) in [7, 11) is 0. The second kappa shape index (κ2) is 7.24. The van der Waals surface area contributed by atoms with Crippen LogP contribution in [0, 0.1) is 17.5 Å². The van der Waals surface area contributed by atoms with Gasteiger partial charge in [-0.2, -0.15) is 0 Å². The summed E-state index contributed by atoms with van der Waals surface area (Å²) in [5, 5.41) is 10.9. The second-order valence-corrected chi connectivity index (χ2v) is 10.4. The summed E-state index contributed by atoms with van der Waals surface area (Å²) in [5.74, 6) is -4.17. The molecule has 3 rings (SSSR count). The SMILES string of the molecule is CCc1cc(-c2cc(F)c(F)c(F)c2)ccc1C1=C(O)C(C)(C)SC(C)(C)C1=O. The van der Waals surface area contributed by atoms with E-state index in [9.17, 15) is 23.1 Å². The lowest BCUT2D eigenvalue weighted by Crippen LogP contribution is -2.41. The van der Waals surface area contributed by atoms with E-state index in [1.165, 1.54) is 11.8 Å². The number of aryl methyl sites for hydroxylation is 1. The Morgan fingerprint density at radius 3 is 2.07 bits per heavy atom. The number of allylic oxidation sites excluding steroid dienone is 1. The molecule has 6 heteroatoms. The number of Topliss-reactive ketones (excluding diaryl/α,β-unsaturated/α-hetero) is 1. The van der Waals surface area contributed by atoms with Crippen LogP contribution in [0.15, 0.2) is 36.1 Å². The Balaban J connectivity index is 2.19. The Labute approximate surface area is 172 Å². The molecule has 0 aromatic heterocycles. The van der Waals surface area contributed by atoms with Crippen molar-refractivity contribution < 1.29 is 23.1 Å². The minimum Gasteiger partial charge on any atom is -0.510 e. The summed E-state index contributed by atoms with van der Waals surface area (Å²) in [6.45, 7) is 9.29. The molecule has 29 heavy (non-hydrogen) atoms. The van der Waals surface area contributed by atoms with Crippen LogP contribution in [0.2, 0.25) is 0 Å². The van der Waals surface area contributed by atoms with Crippen molar-refractivity contribution in [1.82, 2.24) is 0 Å².